The van der Waals surface area contributed by atoms with Crippen LogP contribution in [0.3, 0.4) is 0 Å². The lowest BCUT2D eigenvalue weighted by molar-refractivity contribution is 0.324. The van der Waals surface area contributed by atoms with Crippen molar-refractivity contribution in [3.63, 3.8) is 0 Å². The lowest BCUT2D eigenvalue weighted by atomic mass is 10.1. The van der Waals surface area contributed by atoms with E-state index < -0.39 is 0 Å². The van der Waals surface area contributed by atoms with E-state index in [1.807, 2.05) is 60.2 Å². The Bertz CT molecular complexity index is 1170. The molecule has 2 aromatic heterocycles. The van der Waals surface area contributed by atoms with Crippen LogP contribution in [0.5, 0.6) is 17.2 Å². The fraction of sp³-hybridized carbons (Fsp3) is 0.182. The van der Waals surface area contributed by atoms with E-state index in [2.05, 4.69) is 26.1 Å². The quantitative estimate of drug-likeness (QED) is 0.429. The molecule has 4 aromatic rings. The van der Waals surface area contributed by atoms with Gasteiger partial charge in [-0.3, -0.25) is 5.10 Å². The summed E-state index contributed by atoms with van der Waals surface area (Å²) in [5.74, 6) is 2.57. The van der Waals surface area contributed by atoms with Crippen molar-refractivity contribution >= 4 is 15.9 Å². The van der Waals surface area contributed by atoms with E-state index in [1.54, 1.807) is 21.3 Å². The van der Waals surface area contributed by atoms with E-state index in [4.69, 9.17) is 19.2 Å². The number of halogens is 1. The Labute approximate surface area is 182 Å². The predicted molar refractivity (Wildman–Crippen MR) is 119 cm³/mol. The normalized spacial score (nSPS) is 10.8. The molecule has 0 saturated heterocycles. The van der Waals surface area contributed by atoms with E-state index in [-0.39, 0.29) is 0 Å². The molecule has 0 aliphatic rings. The van der Waals surface area contributed by atoms with Crippen LogP contribution in [0.15, 0.2) is 53.1 Å². The van der Waals surface area contributed by atoms with E-state index in [0.29, 0.717) is 17.2 Å². The van der Waals surface area contributed by atoms with Crippen LogP contribution in [0, 0.1) is 6.92 Å². The Morgan fingerprint density at radius 1 is 0.933 bits per heavy atom. The van der Waals surface area contributed by atoms with Crippen molar-refractivity contribution in [3.8, 4) is 45.6 Å². The second kappa shape index (κ2) is 8.23. The molecule has 0 radical (unpaired) electrons. The number of aryl methyl sites for hydroxylation is 1. The van der Waals surface area contributed by atoms with Crippen molar-refractivity contribution in [3.05, 3.63) is 59.0 Å². The van der Waals surface area contributed by atoms with Crippen LogP contribution in [0.1, 0.15) is 5.82 Å². The lowest BCUT2D eigenvalue weighted by Crippen LogP contribution is -1.95. The Hall–Kier alpha value is -3.26. The predicted octanol–water partition coefficient (Wildman–Crippen LogP) is 5.03. The molecule has 8 heteroatoms. The van der Waals surface area contributed by atoms with Gasteiger partial charge in [0.25, 0.3) is 0 Å². The Balaban J connectivity index is 1.72. The molecule has 0 aliphatic heterocycles. The largest absolute Gasteiger partial charge is 0.493 e. The maximum atomic E-state index is 5.45. The van der Waals surface area contributed by atoms with Crippen LogP contribution >= 0.6 is 15.9 Å². The molecule has 0 amide bonds. The maximum Gasteiger partial charge on any atom is 0.203 e. The summed E-state index contributed by atoms with van der Waals surface area (Å²) in [5, 5.41) is 7.54. The molecule has 7 nitrogen and oxygen atoms in total. The SMILES string of the molecule is COc1cc(-c2cc(-c3cn(-c4ccccc4Br)c(C)n3)[nH]n2)cc(OC)c1OC. The molecular formula is C22H21BrN4O3. The van der Waals surface area contributed by atoms with Crippen molar-refractivity contribution in [2.24, 2.45) is 0 Å². The van der Waals surface area contributed by atoms with Gasteiger partial charge in [0, 0.05) is 16.2 Å². The van der Waals surface area contributed by atoms with Gasteiger partial charge in [-0.1, -0.05) is 12.1 Å². The summed E-state index contributed by atoms with van der Waals surface area (Å²) < 4.78 is 19.3. The van der Waals surface area contributed by atoms with Gasteiger partial charge in [0.05, 0.1) is 38.4 Å². The first-order valence-electron chi connectivity index (χ1n) is 9.22. The van der Waals surface area contributed by atoms with Crippen LogP contribution in [0.2, 0.25) is 0 Å². The standard InChI is InChI=1S/C22H21BrN4O3/c1-13-24-18(12-27(13)19-8-6-5-7-15(19)23)17-11-16(25-26-17)14-9-20(28-2)22(30-4)21(10-14)29-3/h5-12H,1-4H3,(H,25,26). The van der Waals surface area contributed by atoms with Gasteiger partial charge in [0.15, 0.2) is 11.5 Å². The Kier molecular flexibility index (Phi) is 5.50. The number of benzene rings is 2. The fourth-order valence-electron chi connectivity index (χ4n) is 3.32. The van der Waals surface area contributed by atoms with E-state index >= 15 is 0 Å². The molecule has 0 saturated carbocycles. The van der Waals surface area contributed by atoms with Crippen molar-refractivity contribution < 1.29 is 14.2 Å². The van der Waals surface area contributed by atoms with Gasteiger partial charge in [0.2, 0.25) is 5.75 Å². The van der Waals surface area contributed by atoms with E-state index in [9.17, 15) is 0 Å². The van der Waals surface area contributed by atoms with Gasteiger partial charge in [-0.25, -0.2) is 4.98 Å². The molecule has 0 fully saturated rings. The highest BCUT2D eigenvalue weighted by Gasteiger charge is 2.17. The van der Waals surface area contributed by atoms with Crippen LogP contribution in [0.4, 0.5) is 0 Å². The highest BCUT2D eigenvalue weighted by atomic mass is 79.9. The highest BCUT2D eigenvalue weighted by Crippen LogP contribution is 2.41. The highest BCUT2D eigenvalue weighted by molar-refractivity contribution is 9.10. The topological polar surface area (TPSA) is 74.2 Å². The van der Waals surface area contributed by atoms with Crippen molar-refractivity contribution in [2.75, 3.05) is 21.3 Å². The van der Waals surface area contributed by atoms with Gasteiger partial charge in [-0.05, 0) is 53.2 Å². The number of imidazole rings is 1. The number of aromatic nitrogens is 4. The van der Waals surface area contributed by atoms with Crippen LogP contribution in [-0.4, -0.2) is 41.1 Å². The van der Waals surface area contributed by atoms with E-state index in [0.717, 1.165) is 38.6 Å². The maximum absolute atomic E-state index is 5.45. The first-order chi connectivity index (χ1) is 14.5. The minimum Gasteiger partial charge on any atom is -0.493 e. The van der Waals surface area contributed by atoms with Crippen LogP contribution in [-0.2, 0) is 0 Å². The molecule has 1 N–H and O–H groups in total. The molecular weight excluding hydrogens is 448 g/mol. The lowest BCUT2D eigenvalue weighted by Gasteiger charge is -2.13. The number of rotatable bonds is 6. The zero-order valence-electron chi connectivity index (χ0n) is 17.1. The molecule has 2 aromatic carbocycles. The van der Waals surface area contributed by atoms with Crippen molar-refractivity contribution in [1.29, 1.82) is 0 Å². The summed E-state index contributed by atoms with van der Waals surface area (Å²) in [6, 6.07) is 13.7. The van der Waals surface area contributed by atoms with Crippen molar-refractivity contribution in [1.82, 2.24) is 19.7 Å². The molecule has 2 heterocycles. The van der Waals surface area contributed by atoms with E-state index in [1.165, 1.54) is 0 Å². The summed E-state index contributed by atoms with van der Waals surface area (Å²) in [6.07, 6.45) is 1.99. The monoisotopic (exact) mass is 468 g/mol. The van der Waals surface area contributed by atoms with Gasteiger partial charge in [-0.2, -0.15) is 5.10 Å². The second-order valence-corrected chi connectivity index (χ2v) is 7.43. The van der Waals surface area contributed by atoms with Gasteiger partial charge in [0.1, 0.15) is 11.5 Å². The number of H-pyrrole nitrogens is 1. The minimum atomic E-state index is 0.544. The number of ether oxygens (including phenoxy) is 3. The third-order valence-corrected chi connectivity index (χ3v) is 5.48. The summed E-state index contributed by atoms with van der Waals surface area (Å²) >= 11 is 3.60. The Morgan fingerprint density at radius 2 is 1.63 bits per heavy atom. The summed E-state index contributed by atoms with van der Waals surface area (Å²) in [7, 11) is 4.76. The molecule has 0 unspecified atom stereocenters. The molecule has 154 valence electrons. The number of aromatic amines is 1. The molecule has 0 atom stereocenters. The third kappa shape index (κ3) is 3.54. The number of methoxy groups -OCH3 is 3. The third-order valence-electron chi connectivity index (χ3n) is 4.81. The number of nitrogens with one attached hydrogen (secondary N) is 1. The van der Waals surface area contributed by atoms with Gasteiger partial charge in [-0.15, -0.1) is 0 Å². The summed E-state index contributed by atoms with van der Waals surface area (Å²) in [6.45, 7) is 1.97. The average Bonchev–Trinajstić information content (AvgIpc) is 3.40. The molecule has 0 bridgehead atoms. The van der Waals surface area contributed by atoms with Crippen LogP contribution in [0.25, 0.3) is 28.3 Å². The van der Waals surface area contributed by atoms with Gasteiger partial charge < -0.3 is 18.8 Å². The van der Waals surface area contributed by atoms with Crippen LogP contribution < -0.4 is 14.2 Å². The summed E-state index contributed by atoms with van der Waals surface area (Å²) in [5.41, 5.74) is 4.23. The Morgan fingerprint density at radius 3 is 2.27 bits per heavy atom. The smallest absolute Gasteiger partial charge is 0.203 e. The number of nitrogens with zero attached hydrogens (tertiary/aromatic N) is 3. The molecule has 0 aliphatic carbocycles. The molecule has 0 spiro atoms. The van der Waals surface area contributed by atoms with Crippen molar-refractivity contribution in [2.45, 2.75) is 6.92 Å². The zero-order chi connectivity index (χ0) is 21.3. The number of para-hydroxylation sites is 1. The number of hydrogen-bond donors (Lipinski definition) is 1. The minimum absolute atomic E-state index is 0.544. The number of hydrogen-bond acceptors (Lipinski definition) is 5. The zero-order valence-corrected chi connectivity index (χ0v) is 18.6. The fourth-order valence-corrected chi connectivity index (χ4v) is 3.80. The molecule has 30 heavy (non-hydrogen) atoms. The molecule has 4 rings (SSSR count). The van der Waals surface area contributed by atoms with Gasteiger partial charge >= 0.3 is 0 Å². The first-order valence-corrected chi connectivity index (χ1v) is 10.0. The average molecular weight is 469 g/mol. The second-order valence-electron chi connectivity index (χ2n) is 6.58. The first kappa shape index (κ1) is 20.0. The summed E-state index contributed by atoms with van der Waals surface area (Å²) in [4.78, 5) is 4.70.